The summed E-state index contributed by atoms with van der Waals surface area (Å²) < 4.78 is 6.91. The van der Waals surface area contributed by atoms with E-state index >= 15 is 0 Å². The Morgan fingerprint density at radius 3 is 2.61 bits per heavy atom. The molecule has 28 heavy (non-hydrogen) atoms. The lowest BCUT2D eigenvalue weighted by Gasteiger charge is -2.22. The average Bonchev–Trinajstić information content (AvgIpc) is 2.73. The van der Waals surface area contributed by atoms with Crippen LogP contribution in [0, 0.1) is 0 Å². The van der Waals surface area contributed by atoms with Gasteiger partial charge >= 0.3 is 0 Å². The summed E-state index contributed by atoms with van der Waals surface area (Å²) >= 11 is 7.20. The minimum atomic E-state index is -0.149. The Balaban J connectivity index is 1.39. The molecule has 0 saturated heterocycles. The second-order valence-electron chi connectivity index (χ2n) is 6.46. The summed E-state index contributed by atoms with van der Waals surface area (Å²) in [6.45, 7) is 1.01. The molecule has 1 aliphatic rings. The van der Waals surface area contributed by atoms with E-state index in [9.17, 15) is 5.11 Å². The van der Waals surface area contributed by atoms with Gasteiger partial charge in [-0.25, -0.2) is 0 Å². The van der Waals surface area contributed by atoms with Crippen molar-refractivity contribution in [2.75, 3.05) is 18.5 Å². The van der Waals surface area contributed by atoms with Gasteiger partial charge in [-0.15, -0.1) is 0 Å². The van der Waals surface area contributed by atoms with Crippen LogP contribution in [0.3, 0.4) is 0 Å². The molecule has 1 atom stereocenters. The number of aliphatic hydroxyl groups is 1. The first-order valence-corrected chi connectivity index (χ1v) is 11.4. The molecule has 1 unspecified atom stereocenters. The molecule has 0 aliphatic carbocycles. The van der Waals surface area contributed by atoms with Gasteiger partial charge in [-0.3, -0.25) is 0 Å². The van der Waals surface area contributed by atoms with Crippen LogP contribution in [0.1, 0.15) is 5.56 Å². The van der Waals surface area contributed by atoms with Gasteiger partial charge in [0.25, 0.3) is 0 Å². The molecule has 3 nitrogen and oxygen atoms in total. The fourth-order valence-corrected chi connectivity index (χ4v) is 5.96. The summed E-state index contributed by atoms with van der Waals surface area (Å²) in [4.78, 5) is 5.00. The fourth-order valence-electron chi connectivity index (χ4n) is 2.93. The lowest BCUT2D eigenvalue weighted by Crippen LogP contribution is -2.29. The highest BCUT2D eigenvalue weighted by Gasteiger charge is 2.19. The first kappa shape index (κ1) is 19.9. The fraction of sp³-hybridized carbons (Fsp3) is 0.182. The van der Waals surface area contributed by atoms with E-state index in [4.69, 9.17) is 4.74 Å². The first-order chi connectivity index (χ1) is 13.7. The Hall–Kier alpha value is -1.44. The van der Waals surface area contributed by atoms with Crippen LogP contribution in [0.2, 0.25) is 0 Å². The molecule has 2 N–H and O–H groups in total. The molecular formula is C22H20BrNO2S2. The predicted octanol–water partition coefficient (Wildman–Crippen LogP) is 6.05. The monoisotopic (exact) mass is 473 g/mol. The van der Waals surface area contributed by atoms with E-state index in [0.717, 1.165) is 15.7 Å². The zero-order valence-electron chi connectivity index (χ0n) is 15.1. The summed E-state index contributed by atoms with van der Waals surface area (Å²) in [7, 11) is 0. The first-order valence-electron chi connectivity index (χ1n) is 9.00. The summed E-state index contributed by atoms with van der Waals surface area (Å²) in [5.74, 6) is 0. The van der Waals surface area contributed by atoms with Gasteiger partial charge in [-0.2, -0.15) is 0 Å². The minimum absolute atomic E-state index is 0.0174. The number of hydrogen-bond donors (Lipinski definition) is 2. The van der Waals surface area contributed by atoms with Crippen molar-refractivity contribution < 1.29 is 9.84 Å². The SMILES string of the molecule is OCC(COCc1ccccc1)Nc1ccc2c(c1)Sc1cccc(Br)c1S2. The van der Waals surface area contributed by atoms with E-state index in [-0.39, 0.29) is 12.6 Å². The van der Waals surface area contributed by atoms with Crippen molar-refractivity contribution in [3.8, 4) is 0 Å². The molecule has 0 spiro atoms. The molecule has 1 aliphatic heterocycles. The van der Waals surface area contributed by atoms with Gasteiger partial charge in [0, 0.05) is 29.7 Å². The van der Waals surface area contributed by atoms with Crippen molar-refractivity contribution in [3.05, 3.63) is 76.8 Å². The summed E-state index contributed by atoms with van der Waals surface area (Å²) in [6, 6.07) is 22.6. The highest BCUT2D eigenvalue weighted by molar-refractivity contribution is 9.10. The lowest BCUT2D eigenvalue weighted by molar-refractivity contribution is 0.0951. The second kappa shape index (κ2) is 9.37. The van der Waals surface area contributed by atoms with E-state index in [1.165, 1.54) is 19.6 Å². The van der Waals surface area contributed by atoms with Crippen LogP contribution in [0.15, 0.2) is 90.8 Å². The third-order valence-electron chi connectivity index (χ3n) is 4.33. The topological polar surface area (TPSA) is 41.5 Å². The highest BCUT2D eigenvalue weighted by Crippen LogP contribution is 2.51. The number of anilines is 1. The molecule has 144 valence electrons. The molecular weight excluding hydrogens is 454 g/mol. The third-order valence-corrected chi connectivity index (χ3v) is 7.85. The Kier molecular flexibility index (Phi) is 6.65. The molecule has 0 amide bonds. The Morgan fingerprint density at radius 2 is 1.79 bits per heavy atom. The van der Waals surface area contributed by atoms with Gasteiger partial charge in [0.1, 0.15) is 0 Å². The van der Waals surface area contributed by atoms with Crippen molar-refractivity contribution in [3.63, 3.8) is 0 Å². The summed E-state index contributed by atoms with van der Waals surface area (Å²) in [5.41, 5.74) is 2.12. The number of fused-ring (bicyclic) bond motifs is 2. The van der Waals surface area contributed by atoms with E-state index in [1.807, 2.05) is 30.3 Å². The predicted molar refractivity (Wildman–Crippen MR) is 119 cm³/mol. The molecule has 0 radical (unpaired) electrons. The standard InChI is InChI=1S/C22H20BrNO2S2/c23-18-7-4-8-20-22(18)28-19-10-9-16(11-21(19)27-20)24-17(12-25)14-26-13-15-5-2-1-3-6-15/h1-11,17,24-25H,12-14H2. The van der Waals surface area contributed by atoms with Crippen molar-refractivity contribution in [2.24, 2.45) is 0 Å². The third kappa shape index (κ3) is 4.75. The molecule has 0 bridgehead atoms. The molecule has 6 heteroatoms. The van der Waals surface area contributed by atoms with Crippen LogP contribution >= 0.6 is 39.5 Å². The summed E-state index contributed by atoms with van der Waals surface area (Å²) in [6.07, 6.45) is 0. The number of aliphatic hydroxyl groups excluding tert-OH is 1. The highest BCUT2D eigenvalue weighted by atomic mass is 79.9. The molecule has 0 fully saturated rings. The van der Waals surface area contributed by atoms with E-state index in [1.54, 1.807) is 23.5 Å². The maximum Gasteiger partial charge on any atom is 0.0726 e. The maximum atomic E-state index is 9.73. The van der Waals surface area contributed by atoms with Gasteiger partial charge in [-0.1, -0.05) is 59.9 Å². The maximum absolute atomic E-state index is 9.73. The van der Waals surface area contributed by atoms with Gasteiger partial charge in [0.15, 0.2) is 0 Å². The number of halogens is 1. The number of ether oxygens (including phenoxy) is 1. The summed E-state index contributed by atoms with van der Waals surface area (Å²) in [5, 5.41) is 13.1. The minimum Gasteiger partial charge on any atom is -0.394 e. The quantitative estimate of drug-likeness (QED) is 0.341. The Bertz CT molecular complexity index is 953. The zero-order chi connectivity index (χ0) is 19.3. The Morgan fingerprint density at radius 1 is 0.929 bits per heavy atom. The van der Waals surface area contributed by atoms with Crippen molar-refractivity contribution in [2.45, 2.75) is 32.2 Å². The van der Waals surface area contributed by atoms with Crippen molar-refractivity contribution >= 4 is 45.1 Å². The number of benzene rings is 3. The number of rotatable bonds is 7. The van der Waals surface area contributed by atoms with Crippen LogP contribution in [-0.4, -0.2) is 24.4 Å². The van der Waals surface area contributed by atoms with Crippen LogP contribution in [-0.2, 0) is 11.3 Å². The van der Waals surface area contributed by atoms with Crippen LogP contribution in [0.25, 0.3) is 0 Å². The molecule has 0 saturated carbocycles. The zero-order valence-corrected chi connectivity index (χ0v) is 18.3. The van der Waals surface area contributed by atoms with Crippen LogP contribution < -0.4 is 5.32 Å². The van der Waals surface area contributed by atoms with E-state index in [2.05, 4.69) is 57.6 Å². The average molecular weight is 474 g/mol. The molecule has 3 aromatic rings. The van der Waals surface area contributed by atoms with Gasteiger partial charge < -0.3 is 15.2 Å². The smallest absolute Gasteiger partial charge is 0.0726 e. The van der Waals surface area contributed by atoms with Crippen molar-refractivity contribution in [1.82, 2.24) is 0 Å². The normalized spacial score (nSPS) is 13.5. The largest absolute Gasteiger partial charge is 0.394 e. The second-order valence-corrected chi connectivity index (χ2v) is 9.45. The van der Waals surface area contributed by atoms with Gasteiger partial charge in [0.05, 0.1) is 25.9 Å². The van der Waals surface area contributed by atoms with Crippen LogP contribution in [0.5, 0.6) is 0 Å². The molecule has 3 aromatic carbocycles. The van der Waals surface area contributed by atoms with Crippen molar-refractivity contribution in [1.29, 1.82) is 0 Å². The van der Waals surface area contributed by atoms with Gasteiger partial charge in [-0.05, 0) is 51.8 Å². The Labute approximate surface area is 182 Å². The lowest BCUT2D eigenvalue weighted by atomic mass is 10.2. The van der Waals surface area contributed by atoms with E-state index in [0.29, 0.717) is 13.2 Å². The molecule has 0 aromatic heterocycles. The molecule has 4 rings (SSSR count). The molecule has 1 heterocycles. The number of hydrogen-bond acceptors (Lipinski definition) is 5. The van der Waals surface area contributed by atoms with Gasteiger partial charge in [0.2, 0.25) is 0 Å². The van der Waals surface area contributed by atoms with Crippen LogP contribution in [0.4, 0.5) is 5.69 Å². The van der Waals surface area contributed by atoms with E-state index < -0.39 is 0 Å². The number of nitrogens with one attached hydrogen (secondary N) is 1.